The van der Waals surface area contributed by atoms with Crippen LogP contribution in [0, 0.1) is 0 Å². The van der Waals surface area contributed by atoms with Gasteiger partial charge in [0.2, 0.25) is 0 Å². The Labute approximate surface area is 167 Å². The van der Waals surface area contributed by atoms with Crippen LogP contribution in [0.25, 0.3) is 5.57 Å². The van der Waals surface area contributed by atoms with Crippen LogP contribution in [0.2, 0.25) is 0 Å². The maximum atomic E-state index is 13.4. The molecule has 4 rings (SSSR count). The molecule has 3 aliphatic rings. The second-order valence-corrected chi connectivity index (χ2v) is 7.80. The molecule has 0 aromatic carbocycles. The quantitative estimate of drug-likeness (QED) is 0.594. The molecule has 4 heterocycles. The molecule has 0 N–H and O–H groups in total. The van der Waals surface area contributed by atoms with Gasteiger partial charge >= 0.3 is 6.03 Å². The summed E-state index contributed by atoms with van der Waals surface area (Å²) in [6.45, 7) is 9.49. The van der Waals surface area contributed by atoms with Crippen LogP contribution in [0.15, 0.2) is 35.9 Å². The number of hydrogen-bond donors (Lipinski definition) is 0. The molecule has 2 saturated heterocycles. The third-order valence-electron chi connectivity index (χ3n) is 6.02. The zero-order chi connectivity index (χ0) is 19.7. The van der Waals surface area contributed by atoms with Gasteiger partial charge in [0.25, 0.3) is 0 Å². The lowest BCUT2D eigenvalue weighted by atomic mass is 10.1. The van der Waals surface area contributed by atoms with E-state index in [9.17, 15) is 4.79 Å². The number of amides is 2. The molecule has 2 fully saturated rings. The molecule has 28 heavy (non-hydrogen) atoms. The third kappa shape index (κ3) is 3.32. The van der Waals surface area contributed by atoms with Crippen molar-refractivity contribution in [3.05, 3.63) is 36.6 Å². The van der Waals surface area contributed by atoms with E-state index in [1.54, 1.807) is 13.1 Å². The molecule has 0 saturated carbocycles. The number of likely N-dealkylation sites (tertiary alicyclic amines) is 1. The van der Waals surface area contributed by atoms with Gasteiger partial charge in [0.1, 0.15) is 0 Å². The molecular formula is C22H29N5O. The molecular weight excluding hydrogens is 350 g/mol. The molecule has 0 unspecified atom stereocenters. The van der Waals surface area contributed by atoms with E-state index in [-0.39, 0.29) is 12.1 Å². The van der Waals surface area contributed by atoms with Gasteiger partial charge in [-0.25, -0.2) is 9.78 Å². The standard InChI is InChI=1S/C22H29N5O/c1-4-17(14-16(2)23-3)19-8-9-20-21(24-19)27(18-10-13-26(20)15-18)22(28)25-11-6-5-7-12-25/h4,8-9,14,18H,1,5-7,10-13,15H2,2-3H3/b17-14+,23-16-/t18-/m0/s1. The Bertz CT molecular complexity index is 837. The highest BCUT2D eigenvalue weighted by molar-refractivity contribution is 6.01. The number of pyridine rings is 1. The number of aromatic nitrogens is 1. The summed E-state index contributed by atoms with van der Waals surface area (Å²) in [7, 11) is 1.77. The number of urea groups is 1. The minimum absolute atomic E-state index is 0.118. The Morgan fingerprint density at radius 3 is 2.75 bits per heavy atom. The van der Waals surface area contributed by atoms with Crippen LogP contribution in [-0.2, 0) is 0 Å². The average Bonchev–Trinajstić information content (AvgIpc) is 3.16. The lowest BCUT2D eigenvalue weighted by molar-refractivity contribution is 0.190. The molecule has 0 radical (unpaired) electrons. The first-order valence-electron chi connectivity index (χ1n) is 10.2. The Kier molecular flexibility index (Phi) is 5.20. The van der Waals surface area contributed by atoms with Gasteiger partial charge in [0.15, 0.2) is 5.82 Å². The van der Waals surface area contributed by atoms with Crippen molar-refractivity contribution in [3.8, 4) is 0 Å². The van der Waals surface area contributed by atoms with Crippen LogP contribution in [-0.4, -0.2) is 60.9 Å². The van der Waals surface area contributed by atoms with E-state index in [2.05, 4.69) is 22.5 Å². The van der Waals surface area contributed by atoms with Gasteiger partial charge in [-0.3, -0.25) is 9.89 Å². The number of carbonyl (C=O) groups is 1. The number of fused-ring (bicyclic) bond motifs is 4. The van der Waals surface area contributed by atoms with E-state index >= 15 is 0 Å². The number of hydrogen-bond acceptors (Lipinski definition) is 4. The lowest BCUT2D eigenvalue weighted by Crippen LogP contribution is -2.53. The van der Waals surface area contributed by atoms with Crippen molar-refractivity contribution in [1.29, 1.82) is 0 Å². The van der Waals surface area contributed by atoms with Gasteiger partial charge in [-0.2, -0.15) is 0 Å². The molecule has 148 valence electrons. The van der Waals surface area contributed by atoms with E-state index in [1.807, 2.05) is 28.9 Å². The largest absolute Gasteiger partial charge is 0.366 e. The monoisotopic (exact) mass is 379 g/mol. The van der Waals surface area contributed by atoms with Crippen LogP contribution in [0.1, 0.15) is 38.3 Å². The van der Waals surface area contributed by atoms with Crippen molar-refractivity contribution in [1.82, 2.24) is 9.88 Å². The summed E-state index contributed by atoms with van der Waals surface area (Å²) in [6, 6.07) is 4.45. The van der Waals surface area contributed by atoms with Crippen molar-refractivity contribution in [2.75, 3.05) is 43.0 Å². The topological polar surface area (TPSA) is 52.0 Å². The normalized spacial score (nSPS) is 22.4. The summed E-state index contributed by atoms with van der Waals surface area (Å²) in [4.78, 5) is 28.9. The highest BCUT2D eigenvalue weighted by Crippen LogP contribution is 2.40. The predicted molar refractivity (Wildman–Crippen MR) is 115 cm³/mol. The zero-order valence-corrected chi connectivity index (χ0v) is 16.9. The number of rotatable bonds is 3. The van der Waals surface area contributed by atoms with Crippen molar-refractivity contribution in [2.45, 2.75) is 38.6 Å². The second-order valence-electron chi connectivity index (χ2n) is 7.80. The van der Waals surface area contributed by atoms with Gasteiger partial charge in [-0.15, -0.1) is 0 Å². The minimum Gasteiger partial charge on any atom is -0.366 e. The number of nitrogens with zero attached hydrogens (tertiary/aromatic N) is 5. The predicted octanol–water partition coefficient (Wildman–Crippen LogP) is 3.75. The summed E-state index contributed by atoms with van der Waals surface area (Å²) in [5, 5.41) is 0. The first-order chi connectivity index (χ1) is 13.6. The van der Waals surface area contributed by atoms with Gasteiger partial charge in [0, 0.05) is 44.5 Å². The van der Waals surface area contributed by atoms with Crippen LogP contribution in [0.4, 0.5) is 16.3 Å². The highest BCUT2D eigenvalue weighted by Gasteiger charge is 2.41. The van der Waals surface area contributed by atoms with E-state index in [0.717, 1.165) is 73.9 Å². The molecule has 2 bridgehead atoms. The number of piperidine rings is 1. The zero-order valence-electron chi connectivity index (χ0n) is 16.9. The van der Waals surface area contributed by atoms with Crippen LogP contribution >= 0.6 is 0 Å². The van der Waals surface area contributed by atoms with Crippen LogP contribution < -0.4 is 9.80 Å². The van der Waals surface area contributed by atoms with Gasteiger partial charge in [0.05, 0.1) is 17.4 Å². The molecule has 3 aliphatic heterocycles. The first-order valence-corrected chi connectivity index (χ1v) is 10.2. The SMILES string of the molecule is C=C/C(=C\C(C)=N/C)c1ccc2c(n1)N(C(=O)N1CCCCC1)[C@H]1CCN2C1. The van der Waals surface area contributed by atoms with E-state index < -0.39 is 0 Å². The van der Waals surface area contributed by atoms with Crippen LogP contribution in [0.3, 0.4) is 0 Å². The van der Waals surface area contributed by atoms with Gasteiger partial charge in [-0.05, 0) is 50.8 Å². The summed E-state index contributed by atoms with van der Waals surface area (Å²) in [6.07, 6.45) is 8.18. The molecule has 0 aliphatic carbocycles. The summed E-state index contributed by atoms with van der Waals surface area (Å²) in [5.41, 5.74) is 3.73. The van der Waals surface area contributed by atoms with E-state index in [4.69, 9.17) is 4.98 Å². The molecule has 1 aromatic rings. The van der Waals surface area contributed by atoms with Gasteiger partial charge in [-0.1, -0.05) is 12.7 Å². The fraction of sp³-hybridized carbons (Fsp3) is 0.500. The molecule has 6 heteroatoms. The average molecular weight is 380 g/mol. The Morgan fingerprint density at radius 2 is 2.04 bits per heavy atom. The minimum atomic E-state index is 0.118. The number of allylic oxidation sites excluding steroid dienone is 3. The number of carbonyl (C=O) groups excluding carboxylic acids is 1. The highest BCUT2D eigenvalue weighted by atomic mass is 16.2. The first kappa shape index (κ1) is 18.7. The fourth-order valence-corrected chi connectivity index (χ4v) is 4.38. The van der Waals surface area contributed by atoms with Crippen molar-refractivity contribution >= 4 is 28.8 Å². The smallest absolute Gasteiger partial charge is 0.326 e. The fourth-order valence-electron chi connectivity index (χ4n) is 4.38. The molecule has 0 spiro atoms. The molecule has 6 nitrogen and oxygen atoms in total. The third-order valence-corrected chi connectivity index (χ3v) is 6.02. The van der Waals surface area contributed by atoms with E-state index in [0.29, 0.717) is 0 Å². The Morgan fingerprint density at radius 1 is 1.25 bits per heavy atom. The maximum Gasteiger partial charge on any atom is 0.326 e. The summed E-state index contributed by atoms with van der Waals surface area (Å²) >= 11 is 0. The Hall–Kier alpha value is -2.63. The van der Waals surface area contributed by atoms with Crippen molar-refractivity contribution in [3.63, 3.8) is 0 Å². The van der Waals surface area contributed by atoms with Crippen LogP contribution in [0.5, 0.6) is 0 Å². The maximum absolute atomic E-state index is 13.4. The van der Waals surface area contributed by atoms with E-state index in [1.165, 1.54) is 6.42 Å². The molecule has 1 aromatic heterocycles. The number of anilines is 2. The summed E-state index contributed by atoms with van der Waals surface area (Å²) < 4.78 is 0. The number of aliphatic imine (C=N–C) groups is 1. The summed E-state index contributed by atoms with van der Waals surface area (Å²) in [5.74, 6) is 0.792. The van der Waals surface area contributed by atoms with Crippen molar-refractivity contribution < 1.29 is 4.79 Å². The van der Waals surface area contributed by atoms with Crippen molar-refractivity contribution in [2.24, 2.45) is 4.99 Å². The second kappa shape index (κ2) is 7.78. The lowest BCUT2D eigenvalue weighted by Gasteiger charge is -2.39. The molecule has 2 amide bonds. The van der Waals surface area contributed by atoms with Gasteiger partial charge < -0.3 is 9.80 Å². The molecule has 1 atom stereocenters. The Balaban J connectivity index is 1.74.